The van der Waals surface area contributed by atoms with Crippen molar-refractivity contribution in [2.45, 2.75) is 71.9 Å². The summed E-state index contributed by atoms with van der Waals surface area (Å²) in [5, 5.41) is 6.24. The zero-order valence-electron chi connectivity index (χ0n) is 27.5. The van der Waals surface area contributed by atoms with Gasteiger partial charge >= 0.3 is 0 Å². The number of methoxy groups -OCH3 is 1. The summed E-state index contributed by atoms with van der Waals surface area (Å²) in [6, 6.07) is 3.87. The van der Waals surface area contributed by atoms with Gasteiger partial charge in [-0.05, 0) is 51.9 Å². The highest BCUT2D eigenvalue weighted by atomic mass is 19.3. The van der Waals surface area contributed by atoms with Crippen LogP contribution >= 0.6 is 0 Å². The number of nitrogens with one attached hydrogen (secondary N) is 2. The van der Waals surface area contributed by atoms with Crippen LogP contribution in [0.2, 0.25) is 0 Å². The molecule has 2 fully saturated rings. The first-order valence-electron chi connectivity index (χ1n) is 15.9. The summed E-state index contributed by atoms with van der Waals surface area (Å²) < 4.78 is 87.3. The lowest BCUT2D eigenvalue weighted by atomic mass is 9.98. The van der Waals surface area contributed by atoms with Gasteiger partial charge in [0.25, 0.3) is 0 Å². The van der Waals surface area contributed by atoms with Crippen molar-refractivity contribution in [1.29, 1.82) is 0 Å². The molecule has 1 aromatic carbocycles. The van der Waals surface area contributed by atoms with Crippen LogP contribution in [0.15, 0.2) is 18.2 Å². The van der Waals surface area contributed by atoms with Crippen molar-refractivity contribution < 1.29 is 36.2 Å². The number of ether oxygens (including phenoxy) is 3. The second-order valence-electron chi connectivity index (χ2n) is 10.8. The van der Waals surface area contributed by atoms with E-state index in [0.29, 0.717) is 19.5 Å². The third kappa shape index (κ3) is 9.16. The second-order valence-corrected chi connectivity index (χ2v) is 10.8. The average molecular weight is 656 g/mol. The molecular formula is C33H46F5N5O3. The molecular weight excluding hydrogens is 609 g/mol. The Hall–Kier alpha value is -3.29. The monoisotopic (exact) mass is 655 g/mol. The molecule has 4 heterocycles. The van der Waals surface area contributed by atoms with Crippen LogP contribution in [-0.4, -0.2) is 87.0 Å². The van der Waals surface area contributed by atoms with Gasteiger partial charge in [-0.3, -0.25) is 4.90 Å². The predicted molar refractivity (Wildman–Crippen MR) is 171 cm³/mol. The van der Waals surface area contributed by atoms with Crippen LogP contribution in [0.1, 0.15) is 52.5 Å². The molecule has 256 valence electrons. The number of aromatic nitrogens is 2. The number of halogens is 5. The molecule has 2 aliphatic rings. The van der Waals surface area contributed by atoms with Crippen LogP contribution in [0.3, 0.4) is 0 Å². The number of anilines is 1. The van der Waals surface area contributed by atoms with Crippen LogP contribution < -0.4 is 20.1 Å². The normalized spacial score (nSPS) is 16.7. The zero-order chi connectivity index (χ0) is 33.8. The van der Waals surface area contributed by atoms with Crippen LogP contribution in [0.5, 0.6) is 11.8 Å². The van der Waals surface area contributed by atoms with Crippen molar-refractivity contribution in [3.8, 4) is 23.0 Å². The zero-order valence-corrected chi connectivity index (χ0v) is 27.5. The number of alkyl halides is 2. The van der Waals surface area contributed by atoms with Gasteiger partial charge in [-0.1, -0.05) is 20.8 Å². The average Bonchev–Trinajstić information content (AvgIpc) is 3.55. The van der Waals surface area contributed by atoms with E-state index in [4.69, 9.17) is 14.2 Å². The third-order valence-electron chi connectivity index (χ3n) is 7.77. The number of morpholine rings is 1. The molecule has 0 bridgehead atoms. The van der Waals surface area contributed by atoms with Gasteiger partial charge in [0.2, 0.25) is 18.2 Å². The number of hydrogen-bond donors (Lipinski definition) is 2. The van der Waals surface area contributed by atoms with Gasteiger partial charge in [-0.15, -0.1) is 0 Å². The van der Waals surface area contributed by atoms with Crippen molar-refractivity contribution in [3.05, 3.63) is 41.2 Å². The van der Waals surface area contributed by atoms with Gasteiger partial charge in [0, 0.05) is 54.7 Å². The summed E-state index contributed by atoms with van der Waals surface area (Å²) in [4.78, 5) is 11.2. The smallest absolute Gasteiger partial charge is 0.242 e. The highest BCUT2D eigenvalue weighted by Gasteiger charge is 2.28. The molecule has 2 aliphatic heterocycles. The maximum Gasteiger partial charge on any atom is 0.242 e. The molecule has 0 aliphatic carbocycles. The van der Waals surface area contributed by atoms with E-state index in [1.54, 1.807) is 14.0 Å². The predicted octanol–water partition coefficient (Wildman–Crippen LogP) is 6.85. The number of fused-ring (bicyclic) bond motifs is 2. The lowest BCUT2D eigenvalue weighted by Crippen LogP contribution is -2.40. The highest BCUT2D eigenvalue weighted by molar-refractivity contribution is 5.99. The fourth-order valence-electron chi connectivity index (χ4n) is 5.27. The first-order valence-corrected chi connectivity index (χ1v) is 15.9. The Balaban J connectivity index is 0.000000439. The van der Waals surface area contributed by atoms with E-state index in [1.165, 1.54) is 39.1 Å². The van der Waals surface area contributed by atoms with Crippen molar-refractivity contribution in [3.63, 3.8) is 0 Å². The molecule has 2 N–H and O–H groups in total. The molecule has 46 heavy (non-hydrogen) atoms. The lowest BCUT2D eigenvalue weighted by molar-refractivity contribution is 0.0129. The Morgan fingerprint density at radius 2 is 1.85 bits per heavy atom. The maximum atomic E-state index is 15.9. The Morgan fingerprint density at radius 3 is 2.50 bits per heavy atom. The molecule has 0 amide bonds. The molecule has 0 saturated carbocycles. The van der Waals surface area contributed by atoms with E-state index in [-0.39, 0.29) is 40.0 Å². The summed E-state index contributed by atoms with van der Waals surface area (Å²) in [5.41, 5.74) is -1.41. The Kier molecular flexibility index (Phi) is 14.7. The van der Waals surface area contributed by atoms with E-state index in [9.17, 15) is 17.6 Å². The van der Waals surface area contributed by atoms with Gasteiger partial charge in [0.1, 0.15) is 11.5 Å². The fourth-order valence-corrected chi connectivity index (χ4v) is 5.27. The minimum Gasteiger partial charge on any atom is -0.481 e. The molecule has 0 radical (unpaired) electrons. The quantitative estimate of drug-likeness (QED) is 0.172. The van der Waals surface area contributed by atoms with Gasteiger partial charge in [-0.2, -0.15) is 4.98 Å². The summed E-state index contributed by atoms with van der Waals surface area (Å²) >= 11 is 0. The van der Waals surface area contributed by atoms with Gasteiger partial charge in [-0.25, -0.2) is 26.9 Å². The number of benzene rings is 1. The fraction of sp³-hybridized carbons (Fsp3) is 0.576. The topological polar surface area (TPSA) is 80.8 Å². The standard InChI is InChI=1S/C24H27F5N4O2.C7H13NO.C2H6/c1-5-12(2)35-24-19-15(11-18(34-4)32-23(19)31-9-8-30-3)21(29)22(33-24)13-6-7-16(25)20(28)14(13)10-17(26)27;1-2-7-6-9-5-4-8(7)3-1;1-2/h6-7,11-12,17,30H,5,8-10H2,1-4H3,(H,31,32);7H,1-6H2;1-2H3. The molecule has 2 aromatic heterocycles. The van der Waals surface area contributed by atoms with E-state index in [2.05, 4.69) is 25.5 Å². The highest BCUT2D eigenvalue weighted by Crippen LogP contribution is 2.40. The van der Waals surface area contributed by atoms with E-state index >= 15 is 4.39 Å². The SMILES string of the molecule is C1CC2COCCN2C1.CC.CCC(C)Oc1nc(-c2ccc(F)c(F)c2CC(F)F)c(F)c2cc(OC)nc(NCCNC)c12. The third-order valence-corrected chi connectivity index (χ3v) is 7.77. The van der Waals surface area contributed by atoms with Crippen LogP contribution in [-0.2, 0) is 11.2 Å². The number of rotatable bonds is 11. The second kappa shape index (κ2) is 18.2. The largest absolute Gasteiger partial charge is 0.481 e. The van der Waals surface area contributed by atoms with Crippen LogP contribution in [0.25, 0.3) is 22.0 Å². The number of pyridine rings is 2. The molecule has 2 saturated heterocycles. The van der Waals surface area contributed by atoms with Gasteiger partial charge in [0.05, 0.1) is 31.8 Å². The Morgan fingerprint density at radius 1 is 1.09 bits per heavy atom. The van der Waals surface area contributed by atoms with Gasteiger partial charge < -0.3 is 24.8 Å². The molecule has 8 nitrogen and oxygen atoms in total. The summed E-state index contributed by atoms with van der Waals surface area (Å²) in [6.45, 7) is 13.1. The van der Waals surface area contributed by atoms with Crippen LogP contribution in [0.4, 0.5) is 27.8 Å². The minimum absolute atomic E-state index is 0.0272. The first-order chi connectivity index (χ1) is 22.2. The first kappa shape index (κ1) is 37.2. The Bertz CT molecular complexity index is 1400. The molecule has 5 rings (SSSR count). The van der Waals surface area contributed by atoms with E-state index in [1.807, 2.05) is 20.8 Å². The van der Waals surface area contributed by atoms with Crippen molar-refractivity contribution >= 4 is 16.6 Å². The summed E-state index contributed by atoms with van der Waals surface area (Å²) in [6.07, 6.45) is -1.12. The molecule has 3 aromatic rings. The van der Waals surface area contributed by atoms with Crippen LogP contribution in [0, 0.1) is 17.5 Å². The van der Waals surface area contributed by atoms with Gasteiger partial charge in [0.15, 0.2) is 17.5 Å². The Labute approximate surface area is 268 Å². The molecule has 0 spiro atoms. The van der Waals surface area contributed by atoms with E-state index < -0.39 is 41.6 Å². The number of likely N-dealkylation sites (N-methyl/N-ethyl adjacent to an activating group) is 1. The molecule has 13 heteroatoms. The number of hydrogen-bond acceptors (Lipinski definition) is 8. The maximum absolute atomic E-state index is 15.9. The molecule has 2 atom stereocenters. The minimum atomic E-state index is -2.99. The summed E-state index contributed by atoms with van der Waals surface area (Å²) in [5.74, 6) is -3.44. The van der Waals surface area contributed by atoms with Crippen molar-refractivity contribution in [2.75, 3.05) is 58.9 Å². The van der Waals surface area contributed by atoms with Crippen molar-refractivity contribution in [1.82, 2.24) is 20.2 Å². The summed E-state index contributed by atoms with van der Waals surface area (Å²) in [7, 11) is 3.13. The van der Waals surface area contributed by atoms with Crippen molar-refractivity contribution in [2.24, 2.45) is 0 Å². The molecule has 2 unspecified atom stereocenters. The number of nitrogens with zero attached hydrogens (tertiary/aromatic N) is 3. The van der Waals surface area contributed by atoms with E-state index in [0.717, 1.165) is 31.4 Å². The lowest BCUT2D eigenvalue weighted by Gasteiger charge is -2.28.